The van der Waals surface area contributed by atoms with E-state index in [1.807, 2.05) is 24.3 Å². The van der Waals surface area contributed by atoms with Gasteiger partial charge in [-0.25, -0.2) is 0 Å². The number of hydrogen-bond acceptors (Lipinski definition) is 1. The highest BCUT2D eigenvalue weighted by Gasteiger charge is 2.52. The molecule has 1 aliphatic rings. The molecular formula is C10H9BrCl2O. The summed E-state index contributed by atoms with van der Waals surface area (Å²) in [6.07, 6.45) is 0.824. The Hall–Kier alpha value is 0.0800. The van der Waals surface area contributed by atoms with Crippen molar-refractivity contribution in [2.75, 3.05) is 6.61 Å². The standard InChI is InChI=1S/C10H9BrCl2O/c11-8-2-1-3-9(4-8)14-6-7-5-10(7,12)13/h1-4,7H,5-6H2. The third-order valence-electron chi connectivity index (χ3n) is 2.20. The van der Waals surface area contributed by atoms with E-state index >= 15 is 0 Å². The van der Waals surface area contributed by atoms with Crippen molar-refractivity contribution < 1.29 is 4.74 Å². The van der Waals surface area contributed by atoms with E-state index in [-0.39, 0.29) is 5.92 Å². The molecule has 0 heterocycles. The van der Waals surface area contributed by atoms with Gasteiger partial charge in [0.2, 0.25) is 0 Å². The van der Waals surface area contributed by atoms with E-state index in [4.69, 9.17) is 27.9 Å². The summed E-state index contributed by atoms with van der Waals surface area (Å²) in [4.78, 5) is 0. The van der Waals surface area contributed by atoms with Gasteiger partial charge in [0.1, 0.15) is 10.1 Å². The summed E-state index contributed by atoms with van der Waals surface area (Å²) in [5, 5.41) is 0. The van der Waals surface area contributed by atoms with Gasteiger partial charge in [-0.3, -0.25) is 0 Å². The van der Waals surface area contributed by atoms with E-state index in [9.17, 15) is 0 Å². The van der Waals surface area contributed by atoms with Gasteiger partial charge in [0.05, 0.1) is 6.61 Å². The summed E-state index contributed by atoms with van der Waals surface area (Å²) in [6, 6.07) is 7.72. The Bertz CT molecular complexity index is 341. The molecule has 0 amide bonds. The quantitative estimate of drug-likeness (QED) is 0.765. The lowest BCUT2D eigenvalue weighted by Crippen LogP contribution is -2.04. The Morgan fingerprint density at radius 1 is 1.50 bits per heavy atom. The smallest absolute Gasteiger partial charge is 0.125 e. The number of halogens is 3. The Morgan fingerprint density at radius 3 is 2.79 bits per heavy atom. The third-order valence-corrected chi connectivity index (χ3v) is 3.62. The van der Waals surface area contributed by atoms with Gasteiger partial charge in [-0.1, -0.05) is 22.0 Å². The van der Waals surface area contributed by atoms with Crippen LogP contribution in [0.25, 0.3) is 0 Å². The molecule has 0 aromatic heterocycles. The molecule has 76 valence electrons. The molecule has 0 spiro atoms. The maximum absolute atomic E-state index is 5.88. The molecule has 1 nitrogen and oxygen atoms in total. The van der Waals surface area contributed by atoms with Crippen LogP contribution in [0.3, 0.4) is 0 Å². The van der Waals surface area contributed by atoms with Gasteiger partial charge in [0.15, 0.2) is 0 Å². The molecule has 0 N–H and O–H groups in total. The van der Waals surface area contributed by atoms with E-state index in [2.05, 4.69) is 15.9 Å². The highest BCUT2D eigenvalue weighted by molar-refractivity contribution is 9.10. The van der Waals surface area contributed by atoms with Crippen molar-refractivity contribution in [2.45, 2.75) is 10.8 Å². The number of benzene rings is 1. The zero-order chi connectivity index (χ0) is 10.2. The molecule has 0 radical (unpaired) electrons. The topological polar surface area (TPSA) is 9.23 Å². The first kappa shape index (κ1) is 10.6. The lowest BCUT2D eigenvalue weighted by molar-refractivity contribution is 0.298. The van der Waals surface area contributed by atoms with Gasteiger partial charge in [0, 0.05) is 10.4 Å². The molecule has 4 heteroatoms. The average Bonchev–Trinajstić information content (AvgIpc) is 2.71. The molecule has 14 heavy (non-hydrogen) atoms. The van der Waals surface area contributed by atoms with Gasteiger partial charge < -0.3 is 4.74 Å². The Morgan fingerprint density at radius 2 is 2.21 bits per heavy atom. The first-order valence-corrected chi connectivity index (χ1v) is 5.89. The largest absolute Gasteiger partial charge is 0.493 e. The van der Waals surface area contributed by atoms with Crippen LogP contribution in [-0.2, 0) is 0 Å². The van der Waals surface area contributed by atoms with Gasteiger partial charge in [-0.15, -0.1) is 23.2 Å². The first-order valence-electron chi connectivity index (χ1n) is 4.34. The number of rotatable bonds is 3. The van der Waals surface area contributed by atoms with Crippen LogP contribution in [0.15, 0.2) is 28.7 Å². The molecular weight excluding hydrogens is 287 g/mol. The van der Waals surface area contributed by atoms with Gasteiger partial charge in [-0.2, -0.15) is 0 Å². The minimum absolute atomic E-state index is 0.268. The minimum atomic E-state index is -0.550. The van der Waals surface area contributed by atoms with Crippen molar-refractivity contribution in [1.29, 1.82) is 0 Å². The number of hydrogen-bond donors (Lipinski definition) is 0. The normalized spacial score (nSPS) is 23.2. The summed E-state index contributed by atoms with van der Waals surface area (Å²) in [5.74, 6) is 1.11. The van der Waals surface area contributed by atoms with Gasteiger partial charge >= 0.3 is 0 Å². The maximum atomic E-state index is 5.88. The van der Waals surface area contributed by atoms with Crippen LogP contribution in [0.1, 0.15) is 6.42 Å². The Labute approximate surface area is 101 Å². The van der Waals surface area contributed by atoms with Crippen LogP contribution >= 0.6 is 39.1 Å². The fourth-order valence-electron chi connectivity index (χ4n) is 1.20. The zero-order valence-electron chi connectivity index (χ0n) is 7.34. The molecule has 1 aromatic carbocycles. The monoisotopic (exact) mass is 294 g/mol. The average molecular weight is 296 g/mol. The minimum Gasteiger partial charge on any atom is -0.493 e. The highest BCUT2D eigenvalue weighted by atomic mass is 79.9. The van der Waals surface area contributed by atoms with Crippen molar-refractivity contribution in [1.82, 2.24) is 0 Å². The second-order valence-electron chi connectivity index (χ2n) is 3.43. The molecule has 2 rings (SSSR count). The molecule has 0 saturated heterocycles. The fourth-order valence-corrected chi connectivity index (χ4v) is 2.08. The third kappa shape index (κ3) is 2.56. The lowest BCUT2D eigenvalue weighted by atomic mass is 10.3. The molecule has 0 aliphatic heterocycles. The van der Waals surface area contributed by atoms with E-state index in [0.717, 1.165) is 16.6 Å². The molecule has 1 aromatic rings. The predicted octanol–water partition coefficient (Wildman–Crippen LogP) is 4.02. The van der Waals surface area contributed by atoms with E-state index in [0.29, 0.717) is 6.61 Å². The molecule has 1 atom stereocenters. The van der Waals surface area contributed by atoms with Crippen LogP contribution in [-0.4, -0.2) is 10.9 Å². The van der Waals surface area contributed by atoms with Crippen molar-refractivity contribution in [3.63, 3.8) is 0 Å². The van der Waals surface area contributed by atoms with E-state index < -0.39 is 4.33 Å². The van der Waals surface area contributed by atoms with Crippen molar-refractivity contribution in [3.05, 3.63) is 28.7 Å². The SMILES string of the molecule is ClC1(Cl)CC1COc1cccc(Br)c1. The molecule has 1 unspecified atom stereocenters. The van der Waals surface area contributed by atoms with Crippen LogP contribution < -0.4 is 4.74 Å². The van der Waals surface area contributed by atoms with Crippen LogP contribution in [0.2, 0.25) is 0 Å². The Kier molecular flexibility index (Phi) is 2.96. The van der Waals surface area contributed by atoms with Crippen molar-refractivity contribution in [3.8, 4) is 5.75 Å². The van der Waals surface area contributed by atoms with E-state index in [1.165, 1.54) is 0 Å². The summed E-state index contributed by atoms with van der Waals surface area (Å²) in [5.41, 5.74) is 0. The van der Waals surface area contributed by atoms with Crippen LogP contribution in [0.4, 0.5) is 0 Å². The van der Waals surface area contributed by atoms with E-state index in [1.54, 1.807) is 0 Å². The molecule has 1 fully saturated rings. The first-order chi connectivity index (χ1) is 6.58. The van der Waals surface area contributed by atoms with Gasteiger partial charge in [0.25, 0.3) is 0 Å². The summed E-state index contributed by atoms with van der Waals surface area (Å²) < 4.78 is 6.01. The van der Waals surface area contributed by atoms with Crippen LogP contribution in [0.5, 0.6) is 5.75 Å². The second kappa shape index (κ2) is 3.92. The maximum Gasteiger partial charge on any atom is 0.125 e. The number of alkyl halides is 2. The molecule has 0 bridgehead atoms. The zero-order valence-corrected chi connectivity index (χ0v) is 10.4. The predicted molar refractivity (Wildman–Crippen MR) is 62.2 cm³/mol. The Balaban J connectivity index is 1.87. The summed E-state index contributed by atoms with van der Waals surface area (Å²) in [6.45, 7) is 0.587. The van der Waals surface area contributed by atoms with Crippen molar-refractivity contribution in [2.24, 2.45) is 5.92 Å². The highest BCUT2D eigenvalue weighted by Crippen LogP contribution is 2.53. The second-order valence-corrected chi connectivity index (χ2v) is 5.89. The lowest BCUT2D eigenvalue weighted by Gasteiger charge is -2.05. The molecule has 1 aliphatic carbocycles. The van der Waals surface area contributed by atoms with Crippen LogP contribution in [0, 0.1) is 5.92 Å². The fraction of sp³-hybridized carbons (Fsp3) is 0.400. The van der Waals surface area contributed by atoms with Gasteiger partial charge in [-0.05, 0) is 24.6 Å². The van der Waals surface area contributed by atoms with Crippen molar-refractivity contribution >= 4 is 39.1 Å². The summed E-state index contributed by atoms with van der Waals surface area (Å²) >= 11 is 15.1. The number of ether oxygens (including phenoxy) is 1. The molecule has 1 saturated carbocycles. The summed E-state index contributed by atoms with van der Waals surface area (Å²) in [7, 11) is 0.